The summed E-state index contributed by atoms with van der Waals surface area (Å²) in [6.07, 6.45) is 1.17. The SMILES string of the molecule is C[C@@H](C(=O)Nc1ccc(CC#N)cc1)N(c1ccccc1F)S(C)(=O)=O. The van der Waals surface area contributed by atoms with Crippen LogP contribution in [-0.4, -0.2) is 26.6 Å². The van der Waals surface area contributed by atoms with Gasteiger partial charge in [-0.25, -0.2) is 12.8 Å². The fourth-order valence-electron chi connectivity index (χ4n) is 2.46. The molecule has 0 spiro atoms. The Hall–Kier alpha value is -2.92. The Morgan fingerprint density at radius 3 is 2.38 bits per heavy atom. The van der Waals surface area contributed by atoms with Gasteiger partial charge in [0.05, 0.1) is 24.4 Å². The maximum absolute atomic E-state index is 14.1. The standard InChI is InChI=1S/C18H18FN3O3S/c1-13(18(23)21-15-9-7-14(8-10-15)11-12-20)22(26(2,24)25)17-6-4-3-5-16(17)19/h3-10,13H,11H2,1-2H3,(H,21,23)/t13-/m0/s1. The number of amides is 1. The highest BCUT2D eigenvalue weighted by atomic mass is 32.2. The number of nitriles is 1. The Labute approximate surface area is 151 Å². The highest BCUT2D eigenvalue weighted by Gasteiger charge is 2.30. The lowest BCUT2D eigenvalue weighted by molar-refractivity contribution is -0.116. The summed E-state index contributed by atoms with van der Waals surface area (Å²) in [5.74, 6) is -1.34. The molecule has 2 aromatic carbocycles. The molecule has 0 unspecified atom stereocenters. The molecule has 1 atom stereocenters. The van der Waals surface area contributed by atoms with Gasteiger partial charge in [-0.05, 0) is 36.8 Å². The Bertz CT molecular complexity index is 937. The number of anilines is 2. The fourth-order valence-corrected chi connectivity index (χ4v) is 3.63. The second-order valence-electron chi connectivity index (χ2n) is 5.71. The Morgan fingerprint density at radius 2 is 1.85 bits per heavy atom. The molecule has 0 radical (unpaired) electrons. The van der Waals surface area contributed by atoms with Crippen LogP contribution in [0.15, 0.2) is 48.5 Å². The predicted molar refractivity (Wildman–Crippen MR) is 97.6 cm³/mol. The molecule has 0 bridgehead atoms. The first-order chi connectivity index (χ1) is 12.2. The lowest BCUT2D eigenvalue weighted by Crippen LogP contribution is -2.45. The molecule has 1 N–H and O–H groups in total. The number of rotatable bonds is 6. The van der Waals surface area contributed by atoms with Crippen molar-refractivity contribution in [3.63, 3.8) is 0 Å². The summed E-state index contributed by atoms with van der Waals surface area (Å²) < 4.78 is 39.1. The first-order valence-corrected chi connectivity index (χ1v) is 9.59. The lowest BCUT2D eigenvalue weighted by Gasteiger charge is -2.28. The largest absolute Gasteiger partial charge is 0.324 e. The summed E-state index contributed by atoms with van der Waals surface area (Å²) in [5, 5.41) is 11.3. The molecule has 0 aliphatic heterocycles. The minimum absolute atomic E-state index is 0.193. The second-order valence-corrected chi connectivity index (χ2v) is 7.57. The molecule has 0 heterocycles. The Balaban J connectivity index is 2.26. The van der Waals surface area contributed by atoms with Crippen LogP contribution in [0, 0.1) is 17.1 Å². The molecule has 0 saturated heterocycles. The van der Waals surface area contributed by atoms with Gasteiger partial charge < -0.3 is 5.32 Å². The molecular weight excluding hydrogens is 357 g/mol. The number of carbonyl (C=O) groups excluding carboxylic acids is 1. The highest BCUT2D eigenvalue weighted by molar-refractivity contribution is 7.92. The zero-order chi connectivity index (χ0) is 19.3. The van der Waals surface area contributed by atoms with Gasteiger partial charge in [-0.1, -0.05) is 24.3 Å². The molecule has 0 aliphatic rings. The van der Waals surface area contributed by atoms with Crippen molar-refractivity contribution in [3.8, 4) is 6.07 Å². The third-order valence-electron chi connectivity index (χ3n) is 3.68. The van der Waals surface area contributed by atoms with Crippen molar-refractivity contribution in [1.29, 1.82) is 5.26 Å². The topological polar surface area (TPSA) is 90.3 Å². The molecular formula is C18H18FN3O3S. The van der Waals surface area contributed by atoms with E-state index in [4.69, 9.17) is 5.26 Å². The molecule has 2 rings (SSSR count). The first kappa shape index (κ1) is 19.4. The van der Waals surface area contributed by atoms with Crippen LogP contribution in [0.1, 0.15) is 12.5 Å². The summed E-state index contributed by atoms with van der Waals surface area (Å²) in [5.41, 5.74) is 1.05. The van der Waals surface area contributed by atoms with Crippen LogP contribution in [-0.2, 0) is 21.2 Å². The van der Waals surface area contributed by atoms with Crippen LogP contribution in [0.3, 0.4) is 0 Å². The molecule has 6 nitrogen and oxygen atoms in total. The zero-order valence-corrected chi connectivity index (χ0v) is 15.1. The number of halogens is 1. The van der Waals surface area contributed by atoms with E-state index in [1.165, 1.54) is 25.1 Å². The quantitative estimate of drug-likeness (QED) is 0.840. The van der Waals surface area contributed by atoms with E-state index in [-0.39, 0.29) is 12.1 Å². The summed E-state index contributed by atoms with van der Waals surface area (Å²) in [7, 11) is -3.89. The maximum Gasteiger partial charge on any atom is 0.247 e. The number of hydrogen-bond donors (Lipinski definition) is 1. The highest BCUT2D eigenvalue weighted by Crippen LogP contribution is 2.24. The summed E-state index contributed by atoms with van der Waals surface area (Å²) >= 11 is 0. The molecule has 2 aromatic rings. The van der Waals surface area contributed by atoms with Gasteiger partial charge >= 0.3 is 0 Å². The van der Waals surface area contributed by atoms with E-state index in [9.17, 15) is 17.6 Å². The van der Waals surface area contributed by atoms with Crippen LogP contribution in [0.2, 0.25) is 0 Å². The predicted octanol–water partition coefficient (Wildman–Crippen LogP) is 2.68. The number of hydrogen-bond acceptors (Lipinski definition) is 4. The van der Waals surface area contributed by atoms with Crippen LogP contribution in [0.25, 0.3) is 0 Å². The molecule has 1 amide bonds. The zero-order valence-electron chi connectivity index (χ0n) is 14.3. The van der Waals surface area contributed by atoms with E-state index in [1.54, 1.807) is 24.3 Å². The van der Waals surface area contributed by atoms with Crippen LogP contribution in [0.4, 0.5) is 15.8 Å². The van der Waals surface area contributed by atoms with Crippen molar-refractivity contribution < 1.29 is 17.6 Å². The van der Waals surface area contributed by atoms with Gasteiger partial charge in [0.15, 0.2) is 0 Å². The van der Waals surface area contributed by atoms with Crippen molar-refractivity contribution >= 4 is 27.3 Å². The first-order valence-electron chi connectivity index (χ1n) is 7.74. The number of para-hydroxylation sites is 1. The number of benzene rings is 2. The molecule has 0 saturated carbocycles. The molecule has 26 heavy (non-hydrogen) atoms. The molecule has 0 aliphatic carbocycles. The minimum Gasteiger partial charge on any atom is -0.324 e. The number of sulfonamides is 1. The number of nitrogens with one attached hydrogen (secondary N) is 1. The molecule has 136 valence electrons. The summed E-state index contributed by atoms with van der Waals surface area (Å²) in [4.78, 5) is 12.5. The van der Waals surface area contributed by atoms with Gasteiger partial charge in [-0.2, -0.15) is 5.26 Å². The van der Waals surface area contributed by atoms with Gasteiger partial charge in [-0.15, -0.1) is 0 Å². The third kappa shape index (κ3) is 4.58. The average molecular weight is 375 g/mol. The fraction of sp³-hybridized carbons (Fsp3) is 0.222. The number of carbonyl (C=O) groups is 1. The van der Waals surface area contributed by atoms with Crippen LogP contribution < -0.4 is 9.62 Å². The van der Waals surface area contributed by atoms with Gasteiger partial charge in [-0.3, -0.25) is 9.10 Å². The third-order valence-corrected chi connectivity index (χ3v) is 4.91. The van der Waals surface area contributed by atoms with Crippen molar-refractivity contribution in [3.05, 3.63) is 59.9 Å². The van der Waals surface area contributed by atoms with E-state index in [2.05, 4.69) is 5.32 Å². The van der Waals surface area contributed by atoms with Crippen molar-refractivity contribution in [1.82, 2.24) is 0 Å². The second kappa shape index (κ2) is 7.97. The number of nitrogens with zero attached hydrogens (tertiary/aromatic N) is 2. The van der Waals surface area contributed by atoms with E-state index in [1.807, 2.05) is 6.07 Å². The van der Waals surface area contributed by atoms with Gasteiger partial charge in [0, 0.05) is 5.69 Å². The lowest BCUT2D eigenvalue weighted by atomic mass is 10.1. The monoisotopic (exact) mass is 375 g/mol. The normalized spacial score (nSPS) is 12.1. The molecule has 0 aromatic heterocycles. The van der Waals surface area contributed by atoms with Crippen molar-refractivity contribution in [2.24, 2.45) is 0 Å². The van der Waals surface area contributed by atoms with Crippen molar-refractivity contribution in [2.45, 2.75) is 19.4 Å². The van der Waals surface area contributed by atoms with Gasteiger partial charge in [0.1, 0.15) is 11.9 Å². The smallest absolute Gasteiger partial charge is 0.247 e. The Kier molecular flexibility index (Phi) is 5.95. The Morgan fingerprint density at radius 1 is 1.23 bits per heavy atom. The van der Waals surface area contributed by atoms with E-state index in [0.29, 0.717) is 5.69 Å². The minimum atomic E-state index is -3.89. The average Bonchev–Trinajstić information content (AvgIpc) is 2.57. The van der Waals surface area contributed by atoms with Crippen LogP contribution >= 0.6 is 0 Å². The summed E-state index contributed by atoms with van der Waals surface area (Å²) in [6, 6.07) is 12.8. The molecule has 0 fully saturated rings. The van der Waals surface area contributed by atoms with E-state index >= 15 is 0 Å². The van der Waals surface area contributed by atoms with E-state index in [0.717, 1.165) is 22.2 Å². The maximum atomic E-state index is 14.1. The van der Waals surface area contributed by atoms with Gasteiger partial charge in [0.2, 0.25) is 15.9 Å². The van der Waals surface area contributed by atoms with Crippen molar-refractivity contribution in [2.75, 3.05) is 15.9 Å². The molecule has 8 heteroatoms. The summed E-state index contributed by atoms with van der Waals surface area (Å²) in [6.45, 7) is 1.38. The van der Waals surface area contributed by atoms with Crippen LogP contribution in [0.5, 0.6) is 0 Å². The van der Waals surface area contributed by atoms with Gasteiger partial charge in [0.25, 0.3) is 0 Å². The van der Waals surface area contributed by atoms with E-state index < -0.39 is 27.8 Å².